The molecule has 0 saturated carbocycles. The highest BCUT2D eigenvalue weighted by atomic mass is 19.1. The van der Waals surface area contributed by atoms with Crippen molar-refractivity contribution in [3.63, 3.8) is 0 Å². The van der Waals surface area contributed by atoms with Gasteiger partial charge in [-0.3, -0.25) is 9.59 Å². The second-order valence-corrected chi connectivity index (χ2v) is 8.40. The molecule has 3 unspecified atom stereocenters. The molecule has 1 N–H and O–H groups in total. The highest BCUT2D eigenvalue weighted by molar-refractivity contribution is 5.94. The summed E-state index contributed by atoms with van der Waals surface area (Å²) in [7, 11) is 0. The SMILES string of the molecule is CC(NC(=O)C1CC(c2ccccc2)CN(C(=O)c2ccc(F)cc2)C1)c1ccccc1. The van der Waals surface area contributed by atoms with Gasteiger partial charge in [0.15, 0.2) is 0 Å². The molecule has 4 rings (SSSR count). The minimum absolute atomic E-state index is 0.0529. The second-order valence-electron chi connectivity index (χ2n) is 8.40. The Kier molecular flexibility index (Phi) is 6.64. The summed E-state index contributed by atoms with van der Waals surface area (Å²) in [5.74, 6) is -0.894. The van der Waals surface area contributed by atoms with E-state index in [1.54, 1.807) is 4.90 Å². The van der Waals surface area contributed by atoms with E-state index < -0.39 is 0 Å². The molecule has 1 fully saturated rings. The van der Waals surface area contributed by atoms with Crippen LogP contribution in [0.1, 0.15) is 46.8 Å². The van der Waals surface area contributed by atoms with Crippen LogP contribution in [0.15, 0.2) is 84.9 Å². The number of hydrogen-bond acceptors (Lipinski definition) is 2. The zero-order valence-electron chi connectivity index (χ0n) is 18.1. The third-order valence-corrected chi connectivity index (χ3v) is 6.13. The van der Waals surface area contributed by atoms with Gasteiger partial charge in [-0.05, 0) is 48.7 Å². The Bertz CT molecular complexity index is 1050. The van der Waals surface area contributed by atoms with Crippen LogP contribution in [0.3, 0.4) is 0 Å². The Morgan fingerprint density at radius 2 is 1.53 bits per heavy atom. The Balaban J connectivity index is 1.54. The van der Waals surface area contributed by atoms with Gasteiger partial charge in [-0.1, -0.05) is 60.7 Å². The quantitative estimate of drug-likeness (QED) is 0.623. The molecule has 0 spiro atoms. The maximum Gasteiger partial charge on any atom is 0.253 e. The molecule has 0 radical (unpaired) electrons. The van der Waals surface area contributed by atoms with Crippen molar-refractivity contribution in [2.24, 2.45) is 5.92 Å². The van der Waals surface area contributed by atoms with E-state index in [0.717, 1.165) is 11.1 Å². The zero-order chi connectivity index (χ0) is 22.5. The van der Waals surface area contributed by atoms with Crippen LogP contribution in [-0.4, -0.2) is 29.8 Å². The molecule has 0 aromatic heterocycles. The number of halogens is 1. The third-order valence-electron chi connectivity index (χ3n) is 6.13. The zero-order valence-corrected chi connectivity index (χ0v) is 18.1. The number of nitrogens with zero attached hydrogens (tertiary/aromatic N) is 1. The van der Waals surface area contributed by atoms with Gasteiger partial charge < -0.3 is 10.2 Å². The number of amides is 2. The van der Waals surface area contributed by atoms with Gasteiger partial charge in [-0.2, -0.15) is 0 Å². The fourth-order valence-electron chi connectivity index (χ4n) is 4.35. The minimum atomic E-state index is -0.380. The topological polar surface area (TPSA) is 49.4 Å². The molecule has 164 valence electrons. The largest absolute Gasteiger partial charge is 0.349 e. The normalized spacial score (nSPS) is 19.2. The molecule has 3 aromatic rings. The average Bonchev–Trinajstić information content (AvgIpc) is 2.85. The number of carbonyl (C=O) groups is 2. The number of piperidine rings is 1. The summed E-state index contributed by atoms with van der Waals surface area (Å²) in [4.78, 5) is 28.1. The van der Waals surface area contributed by atoms with Crippen molar-refractivity contribution < 1.29 is 14.0 Å². The highest BCUT2D eigenvalue weighted by Crippen LogP contribution is 2.31. The smallest absolute Gasteiger partial charge is 0.253 e. The van der Waals surface area contributed by atoms with Gasteiger partial charge in [0.2, 0.25) is 5.91 Å². The monoisotopic (exact) mass is 430 g/mol. The van der Waals surface area contributed by atoms with E-state index in [1.165, 1.54) is 24.3 Å². The second kappa shape index (κ2) is 9.77. The van der Waals surface area contributed by atoms with Gasteiger partial charge >= 0.3 is 0 Å². The van der Waals surface area contributed by atoms with Gasteiger partial charge in [-0.25, -0.2) is 4.39 Å². The lowest BCUT2D eigenvalue weighted by Crippen LogP contribution is -2.48. The molecule has 1 aliphatic heterocycles. The third kappa shape index (κ3) is 5.05. The van der Waals surface area contributed by atoms with Crippen LogP contribution in [-0.2, 0) is 4.79 Å². The van der Waals surface area contributed by atoms with Crippen LogP contribution in [0.25, 0.3) is 0 Å². The average molecular weight is 431 g/mol. The van der Waals surface area contributed by atoms with Gasteiger partial charge in [0.1, 0.15) is 5.82 Å². The number of hydrogen-bond donors (Lipinski definition) is 1. The summed E-state index contributed by atoms with van der Waals surface area (Å²) in [6, 6.07) is 25.3. The van der Waals surface area contributed by atoms with Crippen LogP contribution < -0.4 is 5.32 Å². The summed E-state index contributed by atoms with van der Waals surface area (Å²) < 4.78 is 13.3. The lowest BCUT2D eigenvalue weighted by molar-refractivity contribution is -0.127. The first-order valence-electron chi connectivity index (χ1n) is 11.0. The van der Waals surface area contributed by atoms with Crippen LogP contribution in [0, 0.1) is 11.7 Å². The predicted molar refractivity (Wildman–Crippen MR) is 123 cm³/mol. The number of likely N-dealkylation sites (tertiary alicyclic amines) is 1. The van der Waals surface area contributed by atoms with Crippen molar-refractivity contribution in [1.29, 1.82) is 0 Å². The maximum absolute atomic E-state index is 13.3. The first-order chi connectivity index (χ1) is 15.5. The standard InChI is InChI=1S/C27H27FN2O2/c1-19(20-8-4-2-5-9-20)29-26(31)24-16-23(21-10-6-3-7-11-21)17-30(18-24)27(32)22-12-14-25(28)15-13-22/h2-15,19,23-24H,16-18H2,1H3,(H,29,31). The molecule has 1 saturated heterocycles. The molecule has 3 atom stereocenters. The van der Waals surface area contributed by atoms with Crippen molar-refractivity contribution in [2.45, 2.75) is 25.3 Å². The van der Waals surface area contributed by atoms with Crippen LogP contribution >= 0.6 is 0 Å². The van der Waals surface area contributed by atoms with E-state index in [1.807, 2.05) is 67.6 Å². The van der Waals surface area contributed by atoms with Gasteiger partial charge in [0.05, 0.1) is 12.0 Å². The Morgan fingerprint density at radius 1 is 0.906 bits per heavy atom. The maximum atomic E-state index is 13.3. The van der Waals surface area contributed by atoms with E-state index in [0.29, 0.717) is 25.1 Å². The van der Waals surface area contributed by atoms with Crippen LogP contribution in [0.2, 0.25) is 0 Å². The summed E-state index contributed by atoms with van der Waals surface area (Å²) in [6.07, 6.45) is 0.671. The minimum Gasteiger partial charge on any atom is -0.349 e. The van der Waals surface area contributed by atoms with Gasteiger partial charge in [0.25, 0.3) is 5.91 Å². The molecule has 1 heterocycles. The first-order valence-corrected chi connectivity index (χ1v) is 11.0. The van der Waals surface area contributed by atoms with E-state index in [9.17, 15) is 14.0 Å². The molecule has 5 heteroatoms. The van der Waals surface area contributed by atoms with E-state index in [4.69, 9.17) is 0 Å². The number of nitrogens with one attached hydrogen (secondary N) is 1. The summed E-state index contributed by atoms with van der Waals surface area (Å²) in [5.41, 5.74) is 2.57. The van der Waals surface area contributed by atoms with E-state index >= 15 is 0 Å². The summed E-state index contributed by atoms with van der Waals surface area (Å²) in [5, 5.41) is 3.12. The van der Waals surface area contributed by atoms with Gasteiger partial charge in [0, 0.05) is 24.6 Å². The van der Waals surface area contributed by atoms with E-state index in [-0.39, 0.29) is 35.5 Å². The first kappa shape index (κ1) is 21.8. The number of benzene rings is 3. The Hall–Kier alpha value is -3.47. The fourth-order valence-corrected chi connectivity index (χ4v) is 4.35. The molecular weight excluding hydrogens is 403 g/mol. The van der Waals surface area contributed by atoms with Crippen molar-refractivity contribution in [3.05, 3.63) is 107 Å². The molecule has 4 nitrogen and oxygen atoms in total. The molecule has 0 aliphatic carbocycles. The van der Waals surface area contributed by atoms with Crippen molar-refractivity contribution in [1.82, 2.24) is 10.2 Å². The molecule has 1 aliphatic rings. The molecule has 0 bridgehead atoms. The molecule has 32 heavy (non-hydrogen) atoms. The van der Waals surface area contributed by atoms with Gasteiger partial charge in [-0.15, -0.1) is 0 Å². The Labute approximate surface area is 188 Å². The fraction of sp³-hybridized carbons (Fsp3) is 0.259. The van der Waals surface area contributed by atoms with Crippen molar-refractivity contribution in [3.8, 4) is 0 Å². The van der Waals surface area contributed by atoms with Crippen LogP contribution in [0.4, 0.5) is 4.39 Å². The summed E-state index contributed by atoms with van der Waals surface area (Å²) >= 11 is 0. The molecule has 2 amide bonds. The lowest BCUT2D eigenvalue weighted by Gasteiger charge is -2.38. The number of rotatable bonds is 5. The molecule has 3 aromatic carbocycles. The lowest BCUT2D eigenvalue weighted by atomic mass is 9.83. The summed E-state index contributed by atoms with van der Waals surface area (Å²) in [6.45, 7) is 2.83. The molecular formula is C27H27FN2O2. The van der Waals surface area contributed by atoms with Crippen molar-refractivity contribution in [2.75, 3.05) is 13.1 Å². The Morgan fingerprint density at radius 3 is 2.19 bits per heavy atom. The predicted octanol–water partition coefficient (Wildman–Crippen LogP) is 4.95. The van der Waals surface area contributed by atoms with E-state index in [2.05, 4.69) is 5.32 Å². The van der Waals surface area contributed by atoms with Crippen molar-refractivity contribution >= 4 is 11.8 Å². The van der Waals surface area contributed by atoms with Crippen LogP contribution in [0.5, 0.6) is 0 Å². The number of carbonyl (C=O) groups excluding carboxylic acids is 2. The highest BCUT2D eigenvalue weighted by Gasteiger charge is 2.35.